The van der Waals surface area contributed by atoms with Gasteiger partial charge in [0.05, 0.1) is 4.92 Å². The summed E-state index contributed by atoms with van der Waals surface area (Å²) in [6, 6.07) is 24.5. The van der Waals surface area contributed by atoms with Crippen molar-refractivity contribution in [3.05, 3.63) is 118 Å². The van der Waals surface area contributed by atoms with E-state index < -0.39 is 11.0 Å². The molecule has 0 spiro atoms. The summed E-state index contributed by atoms with van der Waals surface area (Å²) in [5, 5.41) is 17.8. The van der Waals surface area contributed by atoms with Gasteiger partial charge in [-0.15, -0.1) is 0 Å². The molecule has 3 aromatic carbocycles. The minimum atomic E-state index is -0.556. The molecule has 33 heavy (non-hydrogen) atoms. The van der Waals surface area contributed by atoms with Gasteiger partial charge in [0.25, 0.3) is 5.69 Å². The molecule has 0 aliphatic heterocycles. The van der Waals surface area contributed by atoms with Crippen molar-refractivity contribution in [3.63, 3.8) is 0 Å². The Hall–Kier alpha value is -4.59. The molecule has 8 nitrogen and oxygen atoms in total. The predicted molar refractivity (Wildman–Crippen MR) is 123 cm³/mol. The SMILES string of the molecule is O=C(/C=C/c1ccccc1)NC(Cc1ccccc1)c1nc(-c2ccc([N+](=O)[O-])cc2)no1. The van der Waals surface area contributed by atoms with Crippen molar-refractivity contribution in [1.29, 1.82) is 0 Å². The Morgan fingerprint density at radius 2 is 1.67 bits per heavy atom. The Labute approximate surface area is 189 Å². The normalized spacial score (nSPS) is 11.9. The summed E-state index contributed by atoms with van der Waals surface area (Å²) in [4.78, 5) is 27.5. The topological polar surface area (TPSA) is 111 Å². The summed E-state index contributed by atoms with van der Waals surface area (Å²) in [5.74, 6) is 0.232. The molecule has 1 atom stereocenters. The van der Waals surface area contributed by atoms with Crippen molar-refractivity contribution in [2.75, 3.05) is 0 Å². The molecule has 164 valence electrons. The van der Waals surface area contributed by atoms with E-state index in [0.29, 0.717) is 12.0 Å². The molecule has 0 saturated carbocycles. The number of hydrogen-bond acceptors (Lipinski definition) is 6. The zero-order chi connectivity index (χ0) is 23.0. The van der Waals surface area contributed by atoms with E-state index in [4.69, 9.17) is 4.52 Å². The van der Waals surface area contributed by atoms with E-state index in [-0.39, 0.29) is 23.3 Å². The van der Waals surface area contributed by atoms with E-state index in [1.54, 1.807) is 18.2 Å². The molecule has 0 bridgehead atoms. The van der Waals surface area contributed by atoms with Crippen molar-refractivity contribution in [1.82, 2.24) is 15.5 Å². The van der Waals surface area contributed by atoms with E-state index in [0.717, 1.165) is 11.1 Å². The van der Waals surface area contributed by atoms with E-state index in [1.165, 1.54) is 18.2 Å². The lowest BCUT2D eigenvalue weighted by Gasteiger charge is -2.14. The van der Waals surface area contributed by atoms with Crippen LogP contribution in [0.5, 0.6) is 0 Å². The molecule has 0 aliphatic carbocycles. The van der Waals surface area contributed by atoms with Gasteiger partial charge in [-0.1, -0.05) is 65.8 Å². The second kappa shape index (κ2) is 10.1. The van der Waals surface area contributed by atoms with Gasteiger partial charge in [-0.3, -0.25) is 14.9 Å². The maximum absolute atomic E-state index is 12.6. The second-order valence-corrected chi connectivity index (χ2v) is 7.26. The van der Waals surface area contributed by atoms with Gasteiger partial charge >= 0.3 is 0 Å². The molecule has 0 aliphatic rings. The first-order valence-corrected chi connectivity index (χ1v) is 10.2. The molecule has 1 amide bonds. The fraction of sp³-hybridized carbons (Fsp3) is 0.0800. The lowest BCUT2D eigenvalue weighted by Crippen LogP contribution is -2.28. The van der Waals surface area contributed by atoms with E-state index >= 15 is 0 Å². The van der Waals surface area contributed by atoms with Crippen molar-refractivity contribution in [3.8, 4) is 11.4 Å². The number of amides is 1. The smallest absolute Gasteiger partial charge is 0.269 e. The van der Waals surface area contributed by atoms with Crippen LogP contribution < -0.4 is 5.32 Å². The zero-order valence-electron chi connectivity index (χ0n) is 17.5. The first kappa shape index (κ1) is 21.6. The number of non-ortho nitro benzene ring substituents is 1. The van der Waals surface area contributed by atoms with Crippen LogP contribution in [0.1, 0.15) is 23.1 Å². The van der Waals surface area contributed by atoms with Gasteiger partial charge in [-0.2, -0.15) is 4.98 Å². The molecule has 0 fully saturated rings. The Morgan fingerprint density at radius 1 is 1.00 bits per heavy atom. The van der Waals surface area contributed by atoms with Crippen LogP contribution in [0.2, 0.25) is 0 Å². The fourth-order valence-electron chi connectivity index (χ4n) is 3.23. The summed E-state index contributed by atoms with van der Waals surface area (Å²) in [6.07, 6.45) is 3.64. The van der Waals surface area contributed by atoms with Crippen LogP contribution in [0.25, 0.3) is 17.5 Å². The third-order valence-electron chi connectivity index (χ3n) is 4.90. The summed E-state index contributed by atoms with van der Waals surface area (Å²) in [7, 11) is 0. The highest BCUT2D eigenvalue weighted by Gasteiger charge is 2.22. The standard InChI is InChI=1S/C25H20N4O4/c30-23(16-11-18-7-3-1-4-8-18)26-22(17-19-9-5-2-6-10-19)25-27-24(28-33-25)20-12-14-21(15-13-20)29(31)32/h1-16,22H,17H2,(H,26,30)/b16-11+. The highest BCUT2D eigenvalue weighted by molar-refractivity contribution is 5.91. The maximum atomic E-state index is 12.6. The molecular formula is C25H20N4O4. The molecule has 1 unspecified atom stereocenters. The number of nitro benzene ring substituents is 1. The van der Waals surface area contributed by atoms with Gasteiger partial charge < -0.3 is 9.84 Å². The highest BCUT2D eigenvalue weighted by atomic mass is 16.6. The average Bonchev–Trinajstić information content (AvgIpc) is 3.34. The van der Waals surface area contributed by atoms with Crippen molar-refractivity contribution < 1.29 is 14.2 Å². The van der Waals surface area contributed by atoms with Crippen LogP contribution in [0.3, 0.4) is 0 Å². The third kappa shape index (κ3) is 5.76. The third-order valence-corrected chi connectivity index (χ3v) is 4.90. The minimum Gasteiger partial charge on any atom is -0.340 e. The van der Waals surface area contributed by atoms with Crippen LogP contribution in [0.15, 0.2) is 95.5 Å². The molecule has 8 heteroatoms. The summed E-state index contributed by atoms with van der Waals surface area (Å²) in [5.41, 5.74) is 2.45. The number of nitro groups is 1. The average molecular weight is 440 g/mol. The number of hydrogen-bond donors (Lipinski definition) is 1. The van der Waals surface area contributed by atoms with Gasteiger partial charge in [0.15, 0.2) is 0 Å². The van der Waals surface area contributed by atoms with Crippen molar-refractivity contribution in [2.45, 2.75) is 12.5 Å². The van der Waals surface area contributed by atoms with Gasteiger partial charge in [0.1, 0.15) is 6.04 Å². The van der Waals surface area contributed by atoms with E-state index in [1.807, 2.05) is 60.7 Å². The van der Waals surface area contributed by atoms with Crippen LogP contribution in [-0.2, 0) is 11.2 Å². The molecule has 1 N–H and O–H groups in total. The quantitative estimate of drug-likeness (QED) is 0.240. The van der Waals surface area contributed by atoms with Gasteiger partial charge in [-0.25, -0.2) is 0 Å². The number of carbonyl (C=O) groups is 1. The molecule has 4 rings (SSSR count). The van der Waals surface area contributed by atoms with Crippen LogP contribution >= 0.6 is 0 Å². The summed E-state index contributed by atoms with van der Waals surface area (Å²) >= 11 is 0. The van der Waals surface area contributed by atoms with Gasteiger partial charge in [-0.05, 0) is 29.3 Å². The number of nitrogens with one attached hydrogen (secondary N) is 1. The molecule has 4 aromatic rings. The van der Waals surface area contributed by atoms with E-state index in [2.05, 4.69) is 15.5 Å². The Bertz CT molecular complexity index is 1250. The van der Waals surface area contributed by atoms with Crippen LogP contribution in [0, 0.1) is 10.1 Å². The number of benzene rings is 3. The Kier molecular flexibility index (Phi) is 6.65. The Balaban J connectivity index is 1.55. The minimum absolute atomic E-state index is 0.0260. The number of carbonyl (C=O) groups excluding carboxylic acids is 1. The first-order chi connectivity index (χ1) is 16.1. The number of aromatic nitrogens is 2. The molecular weight excluding hydrogens is 420 g/mol. The first-order valence-electron chi connectivity index (χ1n) is 10.2. The Morgan fingerprint density at radius 3 is 2.33 bits per heavy atom. The highest BCUT2D eigenvalue weighted by Crippen LogP contribution is 2.23. The number of rotatable bonds is 8. The van der Waals surface area contributed by atoms with Crippen LogP contribution in [-0.4, -0.2) is 21.0 Å². The fourth-order valence-corrected chi connectivity index (χ4v) is 3.23. The molecule has 0 radical (unpaired) electrons. The van der Waals surface area contributed by atoms with Crippen LogP contribution in [0.4, 0.5) is 5.69 Å². The van der Waals surface area contributed by atoms with Crippen molar-refractivity contribution >= 4 is 17.7 Å². The lowest BCUT2D eigenvalue weighted by atomic mass is 10.1. The molecule has 1 aromatic heterocycles. The summed E-state index contributed by atoms with van der Waals surface area (Å²) < 4.78 is 5.46. The monoisotopic (exact) mass is 440 g/mol. The summed E-state index contributed by atoms with van der Waals surface area (Å²) in [6.45, 7) is 0. The zero-order valence-corrected chi connectivity index (χ0v) is 17.5. The molecule has 0 saturated heterocycles. The lowest BCUT2D eigenvalue weighted by molar-refractivity contribution is -0.384. The predicted octanol–water partition coefficient (Wildman–Crippen LogP) is 4.76. The molecule has 1 heterocycles. The largest absolute Gasteiger partial charge is 0.340 e. The van der Waals surface area contributed by atoms with Crippen molar-refractivity contribution in [2.24, 2.45) is 0 Å². The van der Waals surface area contributed by atoms with Gasteiger partial charge in [0, 0.05) is 30.2 Å². The maximum Gasteiger partial charge on any atom is 0.269 e. The van der Waals surface area contributed by atoms with Gasteiger partial charge in [0.2, 0.25) is 17.6 Å². The number of nitrogens with zero attached hydrogens (tertiary/aromatic N) is 3. The second-order valence-electron chi connectivity index (χ2n) is 7.26. The van der Waals surface area contributed by atoms with E-state index in [9.17, 15) is 14.9 Å².